The number of benzene rings is 1. The third kappa shape index (κ3) is 1.91. The van der Waals surface area contributed by atoms with Gasteiger partial charge in [-0.1, -0.05) is 6.07 Å². The molecule has 0 atom stereocenters. The van der Waals surface area contributed by atoms with Crippen LogP contribution in [-0.2, 0) is 0 Å². The van der Waals surface area contributed by atoms with E-state index in [0.29, 0.717) is 0 Å². The van der Waals surface area contributed by atoms with E-state index in [-0.39, 0.29) is 36.0 Å². The Morgan fingerprint density at radius 3 is 2.50 bits per heavy atom. The fourth-order valence-electron chi connectivity index (χ4n) is 0.700. The van der Waals surface area contributed by atoms with E-state index in [1.165, 1.54) is 18.2 Å². The molecule has 0 aliphatic rings. The Bertz CT molecular complexity index is 303. The van der Waals surface area contributed by atoms with E-state index in [1.807, 2.05) is 0 Å². The maximum absolute atomic E-state index is 10.2. The van der Waals surface area contributed by atoms with E-state index in [9.17, 15) is 10.1 Å². The first kappa shape index (κ1) is 10.8. The molecule has 0 aliphatic carbocycles. The van der Waals surface area contributed by atoms with Crippen LogP contribution in [0, 0.1) is 10.1 Å². The van der Waals surface area contributed by atoms with Crippen LogP contribution in [0.4, 0.5) is 11.4 Å². The van der Waals surface area contributed by atoms with E-state index in [1.54, 1.807) is 0 Å². The van der Waals surface area contributed by atoms with Crippen molar-refractivity contribution in [1.82, 2.24) is 0 Å². The number of nitrogens with two attached hydrogens (primary N) is 1. The van der Waals surface area contributed by atoms with Gasteiger partial charge in [-0.25, -0.2) is 0 Å². The zero-order valence-corrected chi connectivity index (χ0v) is 6.52. The van der Waals surface area contributed by atoms with Crippen LogP contribution >= 0.6 is 0 Å². The third-order valence-electron chi connectivity index (χ3n) is 1.26. The van der Waals surface area contributed by atoms with E-state index in [0.717, 1.165) is 0 Å². The van der Waals surface area contributed by atoms with E-state index in [4.69, 9.17) is 10.8 Å². The van der Waals surface area contributed by atoms with Gasteiger partial charge in [0.2, 0.25) is 0 Å². The van der Waals surface area contributed by atoms with Gasteiger partial charge < -0.3 is 10.8 Å². The number of para-hydroxylation sites is 1. The first-order chi connectivity index (χ1) is 5.13. The average Bonchev–Trinajstić information content (AvgIpc) is 1.94. The standard InChI is InChI=1S/C6H6N2O3.Li/c7-6-4(8(10)11)2-1-3-5(6)9;/h1-3,9H,7H2;. The van der Waals surface area contributed by atoms with Crippen molar-refractivity contribution < 1.29 is 10.0 Å². The second-order valence-electron chi connectivity index (χ2n) is 1.97. The number of nitro groups is 1. The van der Waals surface area contributed by atoms with Crippen molar-refractivity contribution in [3.05, 3.63) is 28.3 Å². The molecule has 0 amide bonds. The average molecular weight is 161 g/mol. The number of nitrogens with zero attached hydrogens (tertiary/aromatic N) is 1. The summed E-state index contributed by atoms with van der Waals surface area (Å²) in [4.78, 5) is 9.54. The van der Waals surface area contributed by atoms with Gasteiger partial charge in [-0.3, -0.25) is 10.1 Å². The minimum absolute atomic E-state index is 0. The molecule has 0 aliphatic heterocycles. The molecule has 6 heteroatoms. The molecular formula is C6H6LiN2O3. The van der Waals surface area contributed by atoms with Gasteiger partial charge in [0.25, 0.3) is 5.69 Å². The van der Waals surface area contributed by atoms with Crippen LogP contribution in [0.25, 0.3) is 0 Å². The maximum Gasteiger partial charge on any atom is 0.295 e. The Kier molecular flexibility index (Phi) is 3.60. The Morgan fingerprint density at radius 1 is 1.50 bits per heavy atom. The Balaban J connectivity index is 0.00000121. The van der Waals surface area contributed by atoms with E-state index < -0.39 is 4.92 Å². The smallest absolute Gasteiger partial charge is 0.295 e. The van der Waals surface area contributed by atoms with Crippen molar-refractivity contribution in [2.45, 2.75) is 0 Å². The fraction of sp³-hybridized carbons (Fsp3) is 0. The number of anilines is 1. The largest absolute Gasteiger partial charge is 0.506 e. The van der Waals surface area contributed by atoms with Crippen molar-refractivity contribution in [2.24, 2.45) is 0 Å². The first-order valence-corrected chi connectivity index (χ1v) is 2.85. The normalized spacial score (nSPS) is 8.67. The molecule has 1 radical (unpaired) electrons. The summed E-state index contributed by atoms with van der Waals surface area (Å²) in [5.41, 5.74) is 4.72. The van der Waals surface area contributed by atoms with Crippen molar-refractivity contribution in [2.75, 3.05) is 5.73 Å². The van der Waals surface area contributed by atoms with Crippen LogP contribution in [0.5, 0.6) is 5.75 Å². The number of phenols is 1. The zero-order valence-electron chi connectivity index (χ0n) is 6.52. The molecular weight excluding hydrogens is 155 g/mol. The van der Waals surface area contributed by atoms with Gasteiger partial charge in [0, 0.05) is 24.9 Å². The van der Waals surface area contributed by atoms with Crippen LogP contribution < -0.4 is 5.73 Å². The Morgan fingerprint density at radius 2 is 2.08 bits per heavy atom. The quantitative estimate of drug-likeness (QED) is 0.206. The molecule has 0 aromatic heterocycles. The summed E-state index contributed by atoms with van der Waals surface area (Å²) in [5.74, 6) is -0.265. The Labute approximate surface area is 80.5 Å². The number of nitro benzene ring substituents is 1. The number of aromatic hydroxyl groups is 1. The van der Waals surface area contributed by atoms with Crippen molar-refractivity contribution in [3.63, 3.8) is 0 Å². The number of phenolic OH excluding ortho intramolecular Hbond substituents is 1. The van der Waals surface area contributed by atoms with E-state index in [2.05, 4.69) is 0 Å². The summed E-state index contributed by atoms with van der Waals surface area (Å²) in [6, 6.07) is 3.89. The van der Waals surface area contributed by atoms with Gasteiger partial charge in [0.15, 0.2) is 5.69 Å². The summed E-state index contributed by atoms with van der Waals surface area (Å²) >= 11 is 0. The molecule has 0 unspecified atom stereocenters. The van der Waals surface area contributed by atoms with Gasteiger partial charge in [0.1, 0.15) is 5.75 Å². The summed E-state index contributed by atoms with van der Waals surface area (Å²) in [5, 5.41) is 19.1. The molecule has 5 nitrogen and oxygen atoms in total. The minimum atomic E-state index is -0.644. The minimum Gasteiger partial charge on any atom is -0.506 e. The number of hydrogen-bond donors (Lipinski definition) is 2. The molecule has 0 fully saturated rings. The van der Waals surface area contributed by atoms with E-state index >= 15 is 0 Å². The topological polar surface area (TPSA) is 89.4 Å². The molecule has 0 saturated carbocycles. The molecule has 0 spiro atoms. The number of rotatable bonds is 1. The molecule has 0 saturated heterocycles. The molecule has 59 valence electrons. The van der Waals surface area contributed by atoms with Crippen molar-refractivity contribution >= 4 is 30.2 Å². The number of hydrogen-bond acceptors (Lipinski definition) is 4. The van der Waals surface area contributed by atoms with Crippen LogP contribution in [0.15, 0.2) is 18.2 Å². The summed E-state index contributed by atoms with van der Waals surface area (Å²) in [7, 11) is 0. The molecule has 12 heavy (non-hydrogen) atoms. The van der Waals surface area contributed by atoms with Gasteiger partial charge >= 0.3 is 0 Å². The second-order valence-corrected chi connectivity index (χ2v) is 1.97. The van der Waals surface area contributed by atoms with Crippen LogP contribution in [0.2, 0.25) is 0 Å². The predicted octanol–water partition coefficient (Wildman–Crippen LogP) is 0.502. The summed E-state index contributed by atoms with van der Waals surface area (Å²) in [6.07, 6.45) is 0. The third-order valence-corrected chi connectivity index (χ3v) is 1.26. The second kappa shape index (κ2) is 4.00. The molecule has 0 heterocycles. The summed E-state index contributed by atoms with van der Waals surface area (Å²) in [6.45, 7) is 0. The van der Waals surface area contributed by atoms with Crippen molar-refractivity contribution in [1.29, 1.82) is 0 Å². The predicted molar refractivity (Wildman–Crippen MR) is 44.9 cm³/mol. The molecule has 0 bridgehead atoms. The van der Waals surface area contributed by atoms with Crippen LogP contribution in [0.1, 0.15) is 0 Å². The molecule has 1 aromatic rings. The zero-order chi connectivity index (χ0) is 8.43. The maximum atomic E-state index is 10.2. The summed E-state index contributed by atoms with van der Waals surface area (Å²) < 4.78 is 0. The Hall–Kier alpha value is -1.18. The van der Waals surface area contributed by atoms with Gasteiger partial charge in [-0.2, -0.15) is 0 Å². The van der Waals surface area contributed by atoms with Crippen LogP contribution in [-0.4, -0.2) is 28.9 Å². The SMILES string of the molecule is Nc1c(O)cccc1[N+](=O)[O-].[Li]. The van der Waals surface area contributed by atoms with Crippen LogP contribution in [0.3, 0.4) is 0 Å². The number of nitrogen functional groups attached to an aromatic ring is 1. The van der Waals surface area contributed by atoms with Gasteiger partial charge in [0.05, 0.1) is 4.92 Å². The fourth-order valence-corrected chi connectivity index (χ4v) is 0.700. The molecule has 1 aromatic carbocycles. The van der Waals surface area contributed by atoms with Crippen molar-refractivity contribution in [3.8, 4) is 5.75 Å². The monoisotopic (exact) mass is 161 g/mol. The van der Waals surface area contributed by atoms with Gasteiger partial charge in [-0.05, 0) is 6.07 Å². The molecule has 3 N–H and O–H groups in total. The molecule has 1 rings (SSSR count). The first-order valence-electron chi connectivity index (χ1n) is 2.85. The van der Waals surface area contributed by atoms with Gasteiger partial charge in [-0.15, -0.1) is 0 Å².